The van der Waals surface area contributed by atoms with Crippen molar-refractivity contribution in [1.82, 2.24) is 10.2 Å². The molecule has 3 aliphatic rings. The first-order valence-corrected chi connectivity index (χ1v) is 12.4. The van der Waals surface area contributed by atoms with Gasteiger partial charge in [0.25, 0.3) is 0 Å². The summed E-state index contributed by atoms with van der Waals surface area (Å²) in [7, 11) is 0. The molecule has 5 rings (SSSR count). The molecule has 3 atom stereocenters. The third-order valence-electron chi connectivity index (χ3n) is 8.10. The van der Waals surface area contributed by atoms with Crippen molar-refractivity contribution in [1.29, 1.82) is 0 Å². The maximum Gasteiger partial charge on any atom is 0.407 e. The first kappa shape index (κ1) is 23.4. The number of fused-ring (bicyclic) bond motifs is 3. The van der Waals surface area contributed by atoms with Crippen molar-refractivity contribution in [2.75, 3.05) is 19.7 Å². The van der Waals surface area contributed by atoms with Crippen molar-refractivity contribution >= 4 is 18.0 Å². The number of benzene rings is 2. The van der Waals surface area contributed by atoms with Crippen LogP contribution in [0.25, 0.3) is 11.1 Å². The quantitative estimate of drug-likeness (QED) is 0.622. The van der Waals surface area contributed by atoms with Gasteiger partial charge in [-0.05, 0) is 47.4 Å². The number of rotatable bonds is 7. The monoisotopic (exact) mass is 476 g/mol. The third kappa shape index (κ3) is 4.40. The Morgan fingerprint density at radius 3 is 2.23 bits per heavy atom. The lowest BCUT2D eigenvalue weighted by atomic mass is 9.81. The van der Waals surface area contributed by atoms with E-state index in [0.717, 1.165) is 35.1 Å². The molecular weight excluding hydrogens is 444 g/mol. The Hall–Kier alpha value is -3.35. The zero-order valence-corrected chi connectivity index (χ0v) is 20.2. The Labute approximate surface area is 205 Å². The highest BCUT2D eigenvalue weighted by atomic mass is 16.5. The Kier molecular flexibility index (Phi) is 6.03. The van der Waals surface area contributed by atoms with E-state index in [1.807, 2.05) is 31.2 Å². The summed E-state index contributed by atoms with van der Waals surface area (Å²) >= 11 is 0. The Balaban J connectivity index is 1.26. The van der Waals surface area contributed by atoms with Gasteiger partial charge in [-0.15, -0.1) is 0 Å². The number of aliphatic carboxylic acids is 1. The van der Waals surface area contributed by atoms with Crippen molar-refractivity contribution in [2.45, 2.75) is 45.1 Å². The second kappa shape index (κ2) is 9.02. The number of carboxylic acids is 1. The molecule has 2 aromatic carbocycles. The van der Waals surface area contributed by atoms with Gasteiger partial charge in [0.15, 0.2) is 0 Å². The van der Waals surface area contributed by atoms with E-state index in [4.69, 9.17) is 4.74 Å². The van der Waals surface area contributed by atoms with E-state index in [1.54, 1.807) is 11.8 Å². The van der Waals surface area contributed by atoms with Crippen LogP contribution in [0.4, 0.5) is 4.79 Å². The molecule has 0 radical (unpaired) electrons. The second-order valence-corrected chi connectivity index (χ2v) is 10.5. The van der Waals surface area contributed by atoms with Gasteiger partial charge in [0.1, 0.15) is 12.6 Å². The fourth-order valence-electron chi connectivity index (χ4n) is 5.51. The predicted molar refractivity (Wildman–Crippen MR) is 131 cm³/mol. The van der Waals surface area contributed by atoms with Gasteiger partial charge in [-0.25, -0.2) is 4.79 Å². The summed E-state index contributed by atoms with van der Waals surface area (Å²) in [5.41, 5.74) is 3.59. The minimum Gasteiger partial charge on any atom is -0.481 e. The Morgan fingerprint density at radius 2 is 1.69 bits per heavy atom. The molecule has 35 heavy (non-hydrogen) atoms. The number of alkyl carbamates (subject to hydrolysis) is 1. The maximum absolute atomic E-state index is 13.4. The number of likely N-dealkylation sites (tertiary alicyclic amines) is 1. The van der Waals surface area contributed by atoms with Crippen LogP contribution < -0.4 is 5.32 Å². The third-order valence-corrected chi connectivity index (χ3v) is 8.10. The van der Waals surface area contributed by atoms with Gasteiger partial charge in [-0.2, -0.15) is 0 Å². The smallest absolute Gasteiger partial charge is 0.407 e. The molecule has 0 aromatic heterocycles. The SMILES string of the molecule is C[C@H]1CN(C(=O)[C@H](CC2CC2)NC(=O)OCC2c3ccccc3-c3ccccc32)C[C@]1(C)C(=O)O. The van der Waals surface area contributed by atoms with E-state index in [0.29, 0.717) is 18.9 Å². The van der Waals surface area contributed by atoms with E-state index in [9.17, 15) is 19.5 Å². The summed E-state index contributed by atoms with van der Waals surface area (Å²) < 4.78 is 5.67. The molecule has 2 aromatic rings. The average molecular weight is 477 g/mol. The number of ether oxygens (including phenoxy) is 1. The first-order valence-electron chi connectivity index (χ1n) is 12.4. The predicted octanol–water partition coefficient (Wildman–Crippen LogP) is 4.26. The average Bonchev–Trinajstić information content (AvgIpc) is 3.53. The Bertz CT molecular complexity index is 1110. The molecule has 7 nitrogen and oxygen atoms in total. The number of carbonyl (C=O) groups excluding carboxylic acids is 2. The van der Waals surface area contributed by atoms with E-state index in [1.165, 1.54) is 0 Å². The molecule has 1 saturated heterocycles. The highest BCUT2D eigenvalue weighted by molar-refractivity contribution is 5.87. The molecule has 2 aliphatic carbocycles. The summed E-state index contributed by atoms with van der Waals surface area (Å²) in [6, 6.07) is 15.6. The van der Waals surface area contributed by atoms with Crippen LogP contribution in [0.2, 0.25) is 0 Å². The van der Waals surface area contributed by atoms with Gasteiger partial charge in [0.05, 0.1) is 5.41 Å². The minimum absolute atomic E-state index is 0.0542. The lowest BCUT2D eigenvalue weighted by molar-refractivity contribution is -0.149. The van der Waals surface area contributed by atoms with Gasteiger partial charge in [-0.1, -0.05) is 68.3 Å². The lowest BCUT2D eigenvalue weighted by Gasteiger charge is -2.26. The zero-order valence-electron chi connectivity index (χ0n) is 20.2. The van der Waals surface area contributed by atoms with E-state index in [-0.39, 0.29) is 30.9 Å². The molecule has 184 valence electrons. The molecule has 1 saturated carbocycles. The summed E-state index contributed by atoms with van der Waals surface area (Å²) in [4.78, 5) is 39.6. The van der Waals surface area contributed by atoms with Crippen molar-refractivity contribution in [3.63, 3.8) is 0 Å². The van der Waals surface area contributed by atoms with Crippen LogP contribution in [0.5, 0.6) is 0 Å². The zero-order chi connectivity index (χ0) is 24.7. The second-order valence-electron chi connectivity index (χ2n) is 10.5. The minimum atomic E-state index is -0.983. The van der Waals surface area contributed by atoms with Crippen LogP contribution in [0, 0.1) is 17.3 Å². The number of carbonyl (C=O) groups is 3. The van der Waals surface area contributed by atoms with Gasteiger partial charge in [-0.3, -0.25) is 9.59 Å². The standard InChI is InChI=1S/C28H32N2O5/c1-17-14-30(16-28(17,2)26(32)33)25(31)24(13-18-11-12-18)29-27(34)35-15-23-21-9-5-3-7-19(21)20-8-4-6-10-22(20)23/h3-10,17-18,23-24H,11-16H2,1-2H3,(H,29,34)(H,32,33)/t17-,24-,28-/m0/s1. The summed E-state index contributed by atoms with van der Waals surface area (Å²) in [6.07, 6.45) is 2.02. The number of carboxylic acid groups (broad SMARTS) is 1. The number of amides is 2. The van der Waals surface area contributed by atoms with Crippen molar-refractivity contribution < 1.29 is 24.2 Å². The Morgan fingerprint density at radius 1 is 1.09 bits per heavy atom. The molecule has 2 N–H and O–H groups in total. The molecule has 0 unspecified atom stereocenters. The van der Waals surface area contributed by atoms with E-state index < -0.39 is 23.5 Å². The molecule has 2 amide bonds. The lowest BCUT2D eigenvalue weighted by Crippen LogP contribution is -2.49. The summed E-state index contributed by atoms with van der Waals surface area (Å²) in [5, 5.41) is 12.5. The van der Waals surface area contributed by atoms with Crippen molar-refractivity contribution in [3.8, 4) is 11.1 Å². The molecule has 1 heterocycles. The van der Waals surface area contributed by atoms with Crippen LogP contribution in [-0.4, -0.2) is 53.7 Å². The number of nitrogens with zero attached hydrogens (tertiary/aromatic N) is 1. The van der Waals surface area contributed by atoms with E-state index >= 15 is 0 Å². The van der Waals surface area contributed by atoms with Crippen LogP contribution >= 0.6 is 0 Å². The van der Waals surface area contributed by atoms with Gasteiger partial charge in [0, 0.05) is 19.0 Å². The molecule has 2 fully saturated rings. The molecule has 0 spiro atoms. The van der Waals surface area contributed by atoms with Crippen LogP contribution in [0.15, 0.2) is 48.5 Å². The normalized spacial score (nSPS) is 23.9. The number of nitrogens with one attached hydrogen (secondary N) is 1. The number of hydrogen-bond donors (Lipinski definition) is 2. The van der Waals surface area contributed by atoms with Gasteiger partial charge >= 0.3 is 12.1 Å². The van der Waals surface area contributed by atoms with Crippen LogP contribution in [-0.2, 0) is 14.3 Å². The molecule has 7 heteroatoms. The fraction of sp³-hybridized carbons (Fsp3) is 0.464. The fourth-order valence-corrected chi connectivity index (χ4v) is 5.51. The molecule has 0 bridgehead atoms. The molecular formula is C28H32N2O5. The highest BCUT2D eigenvalue weighted by Gasteiger charge is 2.49. The van der Waals surface area contributed by atoms with Gasteiger partial charge in [0.2, 0.25) is 5.91 Å². The molecule has 1 aliphatic heterocycles. The summed E-state index contributed by atoms with van der Waals surface area (Å²) in [5.74, 6) is -0.934. The summed E-state index contributed by atoms with van der Waals surface area (Å²) in [6.45, 7) is 4.24. The van der Waals surface area contributed by atoms with Crippen molar-refractivity contribution in [3.05, 3.63) is 59.7 Å². The van der Waals surface area contributed by atoms with Gasteiger partial charge < -0.3 is 20.1 Å². The van der Waals surface area contributed by atoms with E-state index in [2.05, 4.69) is 29.6 Å². The first-order chi connectivity index (χ1) is 16.8. The van der Waals surface area contributed by atoms with Crippen LogP contribution in [0.3, 0.4) is 0 Å². The van der Waals surface area contributed by atoms with Crippen LogP contribution in [0.1, 0.15) is 50.2 Å². The number of hydrogen-bond acceptors (Lipinski definition) is 4. The van der Waals surface area contributed by atoms with Crippen molar-refractivity contribution in [2.24, 2.45) is 17.3 Å². The largest absolute Gasteiger partial charge is 0.481 e. The topological polar surface area (TPSA) is 95.9 Å². The maximum atomic E-state index is 13.4. The highest BCUT2D eigenvalue weighted by Crippen LogP contribution is 2.44.